The molecule has 0 aliphatic rings. The molecular formula is C9H14N4. The number of rotatable bonds is 2. The number of aryl methyl sites for hydroxylation is 1. The third-order valence-corrected chi connectivity index (χ3v) is 1.69. The Morgan fingerprint density at radius 1 is 1.54 bits per heavy atom. The van der Waals surface area contributed by atoms with Gasteiger partial charge in [0, 0.05) is 13.2 Å². The van der Waals surface area contributed by atoms with Gasteiger partial charge in [0.1, 0.15) is 5.82 Å². The van der Waals surface area contributed by atoms with Crippen LogP contribution in [-0.4, -0.2) is 22.9 Å². The van der Waals surface area contributed by atoms with Crippen LogP contribution in [0.2, 0.25) is 0 Å². The Labute approximate surface area is 78.1 Å². The zero-order valence-electron chi connectivity index (χ0n) is 8.20. The topological polar surface area (TPSA) is 50.2 Å². The Bertz CT molecular complexity index is 306. The molecule has 1 N–H and O–H groups in total. The smallest absolute Gasteiger partial charge is 0.150 e. The third kappa shape index (κ3) is 2.82. The van der Waals surface area contributed by atoms with Gasteiger partial charge in [-0.2, -0.15) is 0 Å². The lowest BCUT2D eigenvalue weighted by Crippen LogP contribution is -2.09. The maximum absolute atomic E-state index is 4.32. The first-order valence-corrected chi connectivity index (χ1v) is 4.27. The van der Waals surface area contributed by atoms with Crippen LogP contribution in [-0.2, 0) is 6.42 Å². The molecule has 70 valence electrons. The van der Waals surface area contributed by atoms with Crippen molar-refractivity contribution in [3.05, 3.63) is 18.1 Å². The van der Waals surface area contributed by atoms with E-state index in [1.165, 1.54) is 0 Å². The maximum Gasteiger partial charge on any atom is 0.150 e. The van der Waals surface area contributed by atoms with Gasteiger partial charge < -0.3 is 5.32 Å². The minimum atomic E-state index is 0.752. The summed E-state index contributed by atoms with van der Waals surface area (Å²) in [6, 6.07) is 0. The molecule has 4 heteroatoms. The molecule has 1 heterocycles. The summed E-state index contributed by atoms with van der Waals surface area (Å²) in [7, 11) is 1.74. The van der Waals surface area contributed by atoms with E-state index in [-0.39, 0.29) is 0 Å². The molecule has 0 spiro atoms. The molecule has 0 atom stereocenters. The van der Waals surface area contributed by atoms with Crippen LogP contribution in [0.3, 0.4) is 0 Å². The number of aromatic nitrogens is 2. The van der Waals surface area contributed by atoms with Gasteiger partial charge in [0.05, 0.1) is 17.7 Å². The van der Waals surface area contributed by atoms with Gasteiger partial charge in [-0.15, -0.1) is 0 Å². The van der Waals surface area contributed by atoms with Gasteiger partial charge in [-0.25, -0.2) is 4.98 Å². The van der Waals surface area contributed by atoms with Gasteiger partial charge in [-0.05, 0) is 13.3 Å². The monoisotopic (exact) mass is 178 g/mol. The van der Waals surface area contributed by atoms with E-state index in [1.54, 1.807) is 19.4 Å². The van der Waals surface area contributed by atoms with E-state index in [9.17, 15) is 0 Å². The molecule has 0 aliphatic heterocycles. The second-order valence-electron chi connectivity index (χ2n) is 2.68. The summed E-state index contributed by atoms with van der Waals surface area (Å²) in [6.45, 7) is 3.94. The standard InChI is InChI=1S/C9H14N4/c1-4-8-5-11-6-9(13-8)12-7(2)10-3/h5-6H,4H2,1-3H3,(H,10,12,13). The fraction of sp³-hybridized carbons (Fsp3) is 0.444. The van der Waals surface area contributed by atoms with E-state index >= 15 is 0 Å². The highest BCUT2D eigenvalue weighted by Crippen LogP contribution is 2.02. The molecule has 0 fully saturated rings. The summed E-state index contributed by atoms with van der Waals surface area (Å²) in [6.07, 6.45) is 4.35. The Balaban J connectivity index is 2.77. The molecule has 0 unspecified atom stereocenters. The average Bonchev–Trinajstić information content (AvgIpc) is 2.18. The van der Waals surface area contributed by atoms with E-state index < -0.39 is 0 Å². The zero-order valence-corrected chi connectivity index (χ0v) is 8.20. The van der Waals surface area contributed by atoms with Crippen molar-refractivity contribution in [1.29, 1.82) is 0 Å². The van der Waals surface area contributed by atoms with Crippen molar-refractivity contribution in [1.82, 2.24) is 9.97 Å². The molecule has 4 nitrogen and oxygen atoms in total. The van der Waals surface area contributed by atoms with E-state index in [4.69, 9.17) is 0 Å². The summed E-state index contributed by atoms with van der Waals surface area (Å²) in [5, 5.41) is 3.04. The number of nitrogens with one attached hydrogen (secondary N) is 1. The van der Waals surface area contributed by atoms with Crippen LogP contribution in [0.5, 0.6) is 0 Å². The second-order valence-corrected chi connectivity index (χ2v) is 2.68. The van der Waals surface area contributed by atoms with Crippen LogP contribution in [0.4, 0.5) is 5.82 Å². The van der Waals surface area contributed by atoms with Crippen molar-refractivity contribution in [2.45, 2.75) is 20.3 Å². The first-order valence-electron chi connectivity index (χ1n) is 4.27. The highest BCUT2D eigenvalue weighted by atomic mass is 15.1. The lowest BCUT2D eigenvalue weighted by molar-refractivity contribution is 1.00. The van der Waals surface area contributed by atoms with Crippen LogP contribution < -0.4 is 5.32 Å². The summed E-state index contributed by atoms with van der Waals surface area (Å²) in [5.41, 5.74) is 0.980. The fourth-order valence-corrected chi connectivity index (χ4v) is 0.878. The van der Waals surface area contributed by atoms with Crippen molar-refractivity contribution in [3.8, 4) is 0 Å². The molecule has 1 aromatic heterocycles. The summed E-state index contributed by atoms with van der Waals surface area (Å²) < 4.78 is 0. The lowest BCUT2D eigenvalue weighted by atomic mass is 10.3. The number of aliphatic imine (C=N–C) groups is 1. The normalized spacial score (nSPS) is 11.5. The van der Waals surface area contributed by atoms with Crippen LogP contribution in [0, 0.1) is 0 Å². The maximum atomic E-state index is 4.32. The van der Waals surface area contributed by atoms with Crippen LogP contribution in [0.15, 0.2) is 17.4 Å². The first-order chi connectivity index (χ1) is 6.26. The van der Waals surface area contributed by atoms with Gasteiger partial charge in [0.15, 0.2) is 0 Å². The van der Waals surface area contributed by atoms with E-state index in [0.717, 1.165) is 23.8 Å². The number of anilines is 1. The Morgan fingerprint density at radius 2 is 2.31 bits per heavy atom. The van der Waals surface area contributed by atoms with Crippen LogP contribution in [0.1, 0.15) is 19.5 Å². The van der Waals surface area contributed by atoms with Crippen molar-refractivity contribution >= 4 is 11.7 Å². The van der Waals surface area contributed by atoms with Gasteiger partial charge in [-0.3, -0.25) is 9.98 Å². The number of amidine groups is 1. The van der Waals surface area contributed by atoms with Gasteiger partial charge in [-0.1, -0.05) is 6.92 Å². The molecular weight excluding hydrogens is 164 g/mol. The highest BCUT2D eigenvalue weighted by molar-refractivity contribution is 5.92. The minimum Gasteiger partial charge on any atom is -0.328 e. The number of nitrogens with zero attached hydrogens (tertiary/aromatic N) is 3. The number of hydrogen-bond donors (Lipinski definition) is 1. The van der Waals surface area contributed by atoms with E-state index in [2.05, 4.69) is 27.2 Å². The third-order valence-electron chi connectivity index (χ3n) is 1.69. The molecule has 0 bridgehead atoms. The Morgan fingerprint density at radius 3 is 2.92 bits per heavy atom. The Kier molecular flexibility index (Phi) is 3.37. The fourth-order valence-electron chi connectivity index (χ4n) is 0.878. The molecule has 0 saturated heterocycles. The molecule has 0 radical (unpaired) electrons. The molecule has 1 rings (SSSR count). The predicted molar refractivity (Wildman–Crippen MR) is 54.1 cm³/mol. The molecule has 13 heavy (non-hydrogen) atoms. The molecule has 0 saturated carbocycles. The minimum absolute atomic E-state index is 0.752. The summed E-state index contributed by atoms with van der Waals surface area (Å²) in [4.78, 5) is 12.4. The van der Waals surface area contributed by atoms with Crippen molar-refractivity contribution in [2.24, 2.45) is 4.99 Å². The molecule has 0 aromatic carbocycles. The van der Waals surface area contributed by atoms with Gasteiger partial charge in [0.2, 0.25) is 0 Å². The quantitative estimate of drug-likeness (QED) is 0.551. The van der Waals surface area contributed by atoms with E-state index in [0.29, 0.717) is 0 Å². The zero-order chi connectivity index (χ0) is 9.68. The van der Waals surface area contributed by atoms with Crippen LogP contribution >= 0.6 is 0 Å². The van der Waals surface area contributed by atoms with Crippen LogP contribution in [0.25, 0.3) is 0 Å². The largest absolute Gasteiger partial charge is 0.328 e. The predicted octanol–water partition coefficient (Wildman–Crippen LogP) is 1.50. The van der Waals surface area contributed by atoms with Gasteiger partial charge >= 0.3 is 0 Å². The summed E-state index contributed by atoms with van der Waals surface area (Å²) >= 11 is 0. The SMILES string of the molecule is CCc1cncc(NC(C)=NC)n1. The van der Waals surface area contributed by atoms with Crippen molar-refractivity contribution < 1.29 is 0 Å². The van der Waals surface area contributed by atoms with E-state index in [1.807, 2.05) is 6.92 Å². The lowest BCUT2D eigenvalue weighted by Gasteiger charge is -2.04. The summed E-state index contributed by atoms with van der Waals surface area (Å²) in [5.74, 6) is 1.59. The number of hydrogen-bond acceptors (Lipinski definition) is 3. The second kappa shape index (κ2) is 4.54. The first kappa shape index (κ1) is 9.64. The molecule has 0 aliphatic carbocycles. The Hall–Kier alpha value is -1.45. The highest BCUT2D eigenvalue weighted by Gasteiger charge is 1.96. The van der Waals surface area contributed by atoms with Crippen molar-refractivity contribution in [2.75, 3.05) is 12.4 Å². The van der Waals surface area contributed by atoms with Crippen molar-refractivity contribution in [3.63, 3.8) is 0 Å². The molecule has 0 amide bonds. The van der Waals surface area contributed by atoms with Gasteiger partial charge in [0.25, 0.3) is 0 Å². The molecule has 1 aromatic rings. The average molecular weight is 178 g/mol.